The van der Waals surface area contributed by atoms with Crippen LogP contribution in [-0.2, 0) is 0 Å². The molecule has 29 heavy (non-hydrogen) atoms. The number of amides is 3. The fourth-order valence-corrected chi connectivity index (χ4v) is 3.95. The Morgan fingerprint density at radius 1 is 1.03 bits per heavy atom. The van der Waals surface area contributed by atoms with E-state index in [0.717, 1.165) is 44.1 Å². The quantitative estimate of drug-likeness (QED) is 0.759. The van der Waals surface area contributed by atoms with E-state index in [0.29, 0.717) is 22.8 Å². The molecule has 2 N–H and O–H groups in total. The van der Waals surface area contributed by atoms with Crippen molar-refractivity contribution in [2.45, 2.75) is 50.6 Å². The molecule has 0 bridgehead atoms. The summed E-state index contributed by atoms with van der Waals surface area (Å²) >= 11 is 6.22. The van der Waals surface area contributed by atoms with Crippen molar-refractivity contribution in [3.63, 3.8) is 0 Å². The third-order valence-corrected chi connectivity index (χ3v) is 5.81. The van der Waals surface area contributed by atoms with Gasteiger partial charge in [0.15, 0.2) is 0 Å². The second-order valence-corrected chi connectivity index (χ2v) is 8.12. The highest BCUT2D eigenvalue weighted by Crippen LogP contribution is 2.31. The second kappa shape index (κ2) is 8.82. The molecule has 1 unspecified atom stereocenters. The van der Waals surface area contributed by atoms with Gasteiger partial charge in [-0.3, -0.25) is 9.78 Å². The minimum atomic E-state index is -0.196. The molecule has 3 amide bonds. The highest BCUT2D eigenvalue weighted by Gasteiger charge is 2.28. The zero-order valence-corrected chi connectivity index (χ0v) is 17.0. The van der Waals surface area contributed by atoms with Crippen LogP contribution < -0.4 is 10.6 Å². The Bertz CT molecular complexity index is 886. The first-order valence-electron chi connectivity index (χ1n) is 10.2. The van der Waals surface area contributed by atoms with Crippen LogP contribution >= 0.6 is 11.6 Å². The van der Waals surface area contributed by atoms with E-state index in [-0.39, 0.29) is 24.0 Å². The Labute approximate surface area is 175 Å². The first kappa shape index (κ1) is 19.7. The van der Waals surface area contributed by atoms with Gasteiger partial charge in [-0.1, -0.05) is 24.4 Å². The van der Waals surface area contributed by atoms with Gasteiger partial charge in [-0.2, -0.15) is 0 Å². The van der Waals surface area contributed by atoms with E-state index in [4.69, 9.17) is 11.6 Å². The van der Waals surface area contributed by atoms with Crippen molar-refractivity contribution in [1.29, 1.82) is 0 Å². The number of carbonyl (C=O) groups is 2. The first-order valence-corrected chi connectivity index (χ1v) is 10.6. The molecule has 1 atom stereocenters. The van der Waals surface area contributed by atoms with Crippen LogP contribution in [0.15, 0.2) is 42.7 Å². The third-order valence-electron chi connectivity index (χ3n) is 5.48. The summed E-state index contributed by atoms with van der Waals surface area (Å²) in [5.41, 5.74) is 2.05. The molecule has 1 saturated heterocycles. The summed E-state index contributed by atoms with van der Waals surface area (Å²) in [5.74, 6) is -0.196. The molecule has 7 heteroatoms. The molecular formula is C22H25ClN4O2. The van der Waals surface area contributed by atoms with Crippen LogP contribution in [0, 0.1) is 0 Å². The van der Waals surface area contributed by atoms with Gasteiger partial charge in [0.05, 0.1) is 16.6 Å². The van der Waals surface area contributed by atoms with Gasteiger partial charge in [-0.15, -0.1) is 0 Å². The van der Waals surface area contributed by atoms with Gasteiger partial charge in [0.25, 0.3) is 5.91 Å². The zero-order chi connectivity index (χ0) is 20.2. The number of rotatable bonds is 4. The summed E-state index contributed by atoms with van der Waals surface area (Å²) in [5, 5.41) is 6.28. The molecule has 1 aromatic carbocycles. The van der Waals surface area contributed by atoms with Gasteiger partial charge in [-0.25, -0.2) is 4.79 Å². The molecule has 2 aromatic rings. The molecule has 2 heterocycles. The fraction of sp³-hybridized carbons (Fsp3) is 0.409. The third kappa shape index (κ3) is 4.88. The number of aromatic nitrogens is 1. The second-order valence-electron chi connectivity index (χ2n) is 7.71. The fourth-order valence-electron chi connectivity index (χ4n) is 3.75. The normalized spacial score (nSPS) is 19.3. The van der Waals surface area contributed by atoms with Crippen LogP contribution in [0.25, 0.3) is 0 Å². The topological polar surface area (TPSA) is 74.3 Å². The minimum Gasteiger partial charge on any atom is -0.349 e. The van der Waals surface area contributed by atoms with Crippen LogP contribution in [0.3, 0.4) is 0 Å². The molecule has 0 spiro atoms. The molecule has 2 fully saturated rings. The molecule has 1 aromatic heterocycles. The molecule has 152 valence electrons. The van der Waals surface area contributed by atoms with E-state index < -0.39 is 0 Å². The van der Waals surface area contributed by atoms with E-state index >= 15 is 0 Å². The summed E-state index contributed by atoms with van der Waals surface area (Å²) in [4.78, 5) is 31.5. The number of pyridine rings is 1. The van der Waals surface area contributed by atoms with E-state index in [1.807, 2.05) is 17.0 Å². The highest BCUT2D eigenvalue weighted by molar-refractivity contribution is 6.34. The van der Waals surface area contributed by atoms with Crippen molar-refractivity contribution < 1.29 is 9.59 Å². The van der Waals surface area contributed by atoms with Crippen LogP contribution in [0.2, 0.25) is 5.02 Å². The summed E-state index contributed by atoms with van der Waals surface area (Å²) in [6.07, 6.45) is 9.63. The molecule has 4 rings (SSSR count). The lowest BCUT2D eigenvalue weighted by Gasteiger charge is -2.30. The number of urea groups is 1. The maximum absolute atomic E-state index is 13.1. The Morgan fingerprint density at radius 3 is 2.59 bits per heavy atom. The van der Waals surface area contributed by atoms with Crippen molar-refractivity contribution in [3.05, 3.63) is 58.9 Å². The van der Waals surface area contributed by atoms with Gasteiger partial charge in [0, 0.05) is 30.7 Å². The Hall–Kier alpha value is -2.60. The van der Waals surface area contributed by atoms with Crippen molar-refractivity contribution in [3.8, 4) is 0 Å². The molecule has 0 radical (unpaired) electrons. The van der Waals surface area contributed by atoms with E-state index in [9.17, 15) is 9.59 Å². The van der Waals surface area contributed by atoms with Crippen LogP contribution in [-0.4, -0.2) is 34.4 Å². The number of nitrogens with one attached hydrogen (secondary N) is 2. The largest absolute Gasteiger partial charge is 0.349 e. The van der Waals surface area contributed by atoms with Crippen molar-refractivity contribution >= 4 is 29.2 Å². The number of carbonyl (C=O) groups excluding carboxylic acids is 2. The predicted molar refractivity (Wildman–Crippen MR) is 113 cm³/mol. The van der Waals surface area contributed by atoms with Gasteiger partial charge in [0.2, 0.25) is 0 Å². The molecule has 1 aliphatic carbocycles. The van der Waals surface area contributed by atoms with Gasteiger partial charge in [-0.05, 0) is 61.6 Å². The number of likely N-dealkylation sites (tertiary alicyclic amines) is 1. The number of benzene rings is 1. The first-order chi connectivity index (χ1) is 14.1. The average molecular weight is 413 g/mol. The molecular weight excluding hydrogens is 388 g/mol. The maximum atomic E-state index is 13.1. The van der Waals surface area contributed by atoms with E-state index in [1.165, 1.54) is 0 Å². The van der Waals surface area contributed by atoms with Crippen LogP contribution in [0.5, 0.6) is 0 Å². The van der Waals surface area contributed by atoms with Crippen molar-refractivity contribution in [2.24, 2.45) is 0 Å². The lowest BCUT2D eigenvalue weighted by atomic mass is 10.0. The number of hydrogen-bond donors (Lipinski definition) is 2. The molecule has 2 aliphatic rings. The molecule has 1 saturated carbocycles. The Balaban J connectivity index is 1.51. The SMILES string of the molecule is O=C(NC1CC1)c1cc(NC(=O)N2CCCCCC2c2ccncc2)ccc1Cl. The van der Waals surface area contributed by atoms with Crippen LogP contribution in [0.4, 0.5) is 10.5 Å². The van der Waals surface area contributed by atoms with Crippen LogP contribution in [0.1, 0.15) is 60.5 Å². The smallest absolute Gasteiger partial charge is 0.322 e. The van der Waals surface area contributed by atoms with Crippen molar-refractivity contribution in [2.75, 3.05) is 11.9 Å². The molecule has 6 nitrogen and oxygen atoms in total. The lowest BCUT2D eigenvalue weighted by Crippen LogP contribution is -2.38. The van der Waals surface area contributed by atoms with Gasteiger partial charge < -0.3 is 15.5 Å². The predicted octanol–water partition coefficient (Wildman–Crippen LogP) is 4.78. The highest BCUT2D eigenvalue weighted by atomic mass is 35.5. The Morgan fingerprint density at radius 2 is 1.83 bits per heavy atom. The Kier molecular flexibility index (Phi) is 6.00. The zero-order valence-electron chi connectivity index (χ0n) is 16.2. The number of nitrogens with zero attached hydrogens (tertiary/aromatic N) is 2. The number of halogens is 1. The van der Waals surface area contributed by atoms with E-state index in [1.54, 1.807) is 30.6 Å². The summed E-state index contributed by atoms with van der Waals surface area (Å²) in [6.45, 7) is 0.696. The van der Waals surface area contributed by atoms with E-state index in [2.05, 4.69) is 15.6 Å². The summed E-state index contributed by atoms with van der Waals surface area (Å²) in [7, 11) is 0. The minimum absolute atomic E-state index is 0.0189. The monoisotopic (exact) mass is 412 g/mol. The number of hydrogen-bond acceptors (Lipinski definition) is 3. The number of anilines is 1. The standard InChI is InChI=1S/C22H25ClN4O2/c23-19-8-7-17(14-18(19)21(28)25-16-5-6-16)26-22(29)27-13-3-1-2-4-20(27)15-9-11-24-12-10-15/h7-12,14,16,20H,1-6,13H2,(H,25,28)(H,26,29). The average Bonchev–Trinajstić information content (AvgIpc) is 3.56. The molecule has 1 aliphatic heterocycles. The summed E-state index contributed by atoms with van der Waals surface area (Å²) < 4.78 is 0. The summed E-state index contributed by atoms with van der Waals surface area (Å²) in [6, 6.07) is 9.08. The lowest BCUT2D eigenvalue weighted by molar-refractivity contribution is 0.0951. The van der Waals surface area contributed by atoms with Crippen molar-refractivity contribution in [1.82, 2.24) is 15.2 Å². The van der Waals surface area contributed by atoms with Gasteiger partial charge in [0.1, 0.15) is 0 Å². The van der Waals surface area contributed by atoms with Gasteiger partial charge >= 0.3 is 6.03 Å². The maximum Gasteiger partial charge on any atom is 0.322 e.